The van der Waals surface area contributed by atoms with Crippen LogP contribution in [0.2, 0.25) is 0 Å². The molecule has 5 rings (SSSR count). The monoisotopic (exact) mass is 470 g/mol. The van der Waals surface area contributed by atoms with Gasteiger partial charge in [-0.2, -0.15) is 0 Å². The molecule has 0 bridgehead atoms. The second-order valence-electron chi connectivity index (χ2n) is 7.94. The molecule has 1 amide bonds. The van der Waals surface area contributed by atoms with Crippen LogP contribution in [-0.4, -0.2) is 23.5 Å². The summed E-state index contributed by atoms with van der Waals surface area (Å²) in [6.45, 7) is 0. The Morgan fingerprint density at radius 2 is 1.67 bits per heavy atom. The van der Waals surface area contributed by atoms with Crippen LogP contribution in [0.4, 0.5) is 14.5 Å². The first-order valence-corrected chi connectivity index (χ1v) is 11.5. The van der Waals surface area contributed by atoms with Crippen LogP contribution >= 0.6 is 0 Å². The highest BCUT2D eigenvalue weighted by Gasteiger charge is 2.52. The third-order valence-electron chi connectivity index (χ3n) is 5.85. The Balaban J connectivity index is 1.34. The molecule has 0 aromatic heterocycles. The van der Waals surface area contributed by atoms with Gasteiger partial charge in [0, 0.05) is 5.69 Å². The lowest BCUT2D eigenvalue weighted by molar-refractivity contribution is -0.286. The largest absolute Gasteiger partial charge is 0.586 e. The summed E-state index contributed by atoms with van der Waals surface area (Å²) in [7, 11) is 0.368. The van der Waals surface area contributed by atoms with E-state index in [1.54, 1.807) is 31.3 Å². The van der Waals surface area contributed by atoms with E-state index in [0.717, 1.165) is 11.1 Å². The highest BCUT2D eigenvalue weighted by atomic mass is 32.2. The number of carbonyl (C=O) groups is 1. The highest BCUT2D eigenvalue weighted by molar-refractivity contribution is 7.83. The van der Waals surface area contributed by atoms with E-state index in [-0.39, 0.29) is 17.4 Å². The topological polar surface area (TPSA) is 76.7 Å². The maximum atomic E-state index is 13.3. The zero-order chi connectivity index (χ0) is 23.2. The fourth-order valence-corrected chi connectivity index (χ4v) is 4.55. The van der Waals surface area contributed by atoms with Crippen molar-refractivity contribution in [3.63, 3.8) is 0 Å². The quantitative estimate of drug-likeness (QED) is 0.553. The van der Waals surface area contributed by atoms with Crippen molar-refractivity contribution in [1.29, 1.82) is 0 Å². The Morgan fingerprint density at radius 1 is 0.939 bits per heavy atom. The number of rotatable bonds is 6. The van der Waals surface area contributed by atoms with Crippen LogP contribution in [0.25, 0.3) is 11.1 Å². The minimum atomic E-state index is -3.69. The van der Waals surface area contributed by atoms with Gasteiger partial charge in [-0.3, -0.25) is 4.79 Å². The summed E-state index contributed by atoms with van der Waals surface area (Å²) in [5.41, 5.74) is 2.26. The molecule has 0 radical (unpaired) electrons. The van der Waals surface area contributed by atoms with Gasteiger partial charge in [-0.25, -0.2) is 8.93 Å². The van der Waals surface area contributed by atoms with E-state index in [1.807, 2.05) is 30.3 Å². The van der Waals surface area contributed by atoms with Gasteiger partial charge in [0.1, 0.15) is 11.0 Å². The van der Waals surface area contributed by atoms with E-state index in [0.29, 0.717) is 29.0 Å². The van der Waals surface area contributed by atoms with Crippen molar-refractivity contribution in [3.05, 3.63) is 72.3 Å². The molecule has 1 atom stereocenters. The van der Waals surface area contributed by atoms with Crippen LogP contribution < -0.4 is 19.5 Å². The number of anilines is 1. The molecule has 1 saturated carbocycles. The molecule has 3 aromatic rings. The first kappa shape index (κ1) is 21.5. The summed E-state index contributed by atoms with van der Waals surface area (Å²) in [6.07, 6.45) is -2.47. The van der Waals surface area contributed by atoms with Gasteiger partial charge in [0.15, 0.2) is 11.5 Å². The number of ether oxygens (including phenoxy) is 2. The molecule has 0 spiro atoms. The van der Waals surface area contributed by atoms with Gasteiger partial charge in [0.25, 0.3) is 0 Å². The molecule has 2 aliphatic rings. The van der Waals surface area contributed by atoms with E-state index >= 15 is 0 Å². The predicted molar refractivity (Wildman–Crippen MR) is 120 cm³/mol. The minimum absolute atomic E-state index is 0.0442. The maximum Gasteiger partial charge on any atom is 0.586 e. The zero-order valence-electron chi connectivity index (χ0n) is 17.6. The van der Waals surface area contributed by atoms with Crippen LogP contribution in [0.1, 0.15) is 18.4 Å². The number of hydrogen-bond acceptors (Lipinski definition) is 4. The molecular formula is C24H20F2N2O4S. The summed E-state index contributed by atoms with van der Waals surface area (Å²) in [4.78, 5) is 13.8. The number of alkyl halides is 2. The number of carbonyl (C=O) groups excluding carboxylic acids is 1. The number of amides is 1. The SMILES string of the molecule is CNS(=O)c1ccc(-c2cccc(NC(=O)C3(c4ccc5c(c4)OC(F)(F)O5)CC3)c2)cc1. The summed E-state index contributed by atoms with van der Waals surface area (Å²) in [6, 6.07) is 19.2. The summed E-state index contributed by atoms with van der Waals surface area (Å²) in [5, 5.41) is 2.96. The molecule has 1 aliphatic carbocycles. The second-order valence-corrected chi connectivity index (χ2v) is 9.36. The van der Waals surface area contributed by atoms with Crippen molar-refractivity contribution < 1.29 is 27.3 Å². The van der Waals surface area contributed by atoms with Gasteiger partial charge in [0.05, 0.1) is 10.3 Å². The van der Waals surface area contributed by atoms with Gasteiger partial charge >= 0.3 is 6.29 Å². The maximum absolute atomic E-state index is 13.3. The van der Waals surface area contributed by atoms with Gasteiger partial charge in [0.2, 0.25) is 5.91 Å². The number of hydrogen-bond donors (Lipinski definition) is 2. The number of nitrogens with one attached hydrogen (secondary N) is 2. The van der Waals surface area contributed by atoms with E-state index < -0.39 is 22.7 Å². The zero-order valence-corrected chi connectivity index (χ0v) is 18.4. The van der Waals surface area contributed by atoms with E-state index in [2.05, 4.69) is 19.5 Å². The molecule has 0 saturated heterocycles. The van der Waals surface area contributed by atoms with Crippen LogP contribution in [0.15, 0.2) is 71.6 Å². The number of halogens is 2. The molecule has 1 fully saturated rings. The average molecular weight is 470 g/mol. The first-order chi connectivity index (χ1) is 15.8. The minimum Gasteiger partial charge on any atom is -0.395 e. The lowest BCUT2D eigenvalue weighted by Crippen LogP contribution is -2.28. The smallest absolute Gasteiger partial charge is 0.395 e. The van der Waals surface area contributed by atoms with Gasteiger partial charge in [-0.15, -0.1) is 8.78 Å². The second kappa shape index (κ2) is 7.93. The van der Waals surface area contributed by atoms with Crippen molar-refractivity contribution in [3.8, 4) is 22.6 Å². The van der Waals surface area contributed by atoms with Crippen molar-refractivity contribution in [1.82, 2.24) is 4.72 Å². The molecule has 6 nitrogen and oxygen atoms in total. The summed E-state index contributed by atoms with van der Waals surface area (Å²) >= 11 is 0. The molecule has 1 unspecified atom stereocenters. The Morgan fingerprint density at radius 3 is 2.36 bits per heavy atom. The van der Waals surface area contributed by atoms with Crippen molar-refractivity contribution >= 4 is 22.6 Å². The van der Waals surface area contributed by atoms with Crippen LogP contribution in [0.3, 0.4) is 0 Å². The molecule has 170 valence electrons. The number of fused-ring (bicyclic) bond motifs is 1. The Kier molecular flexibility index (Phi) is 5.18. The number of benzene rings is 3. The van der Waals surface area contributed by atoms with Crippen molar-refractivity contribution in [2.75, 3.05) is 12.4 Å². The van der Waals surface area contributed by atoms with E-state index in [9.17, 15) is 17.8 Å². The molecule has 3 aromatic carbocycles. The standard InChI is InChI=1S/C24H20F2N2O4S/c1-27-33(30)19-8-5-15(6-9-19)16-3-2-4-18(13-16)28-22(29)23(11-12-23)17-7-10-20-21(14-17)32-24(25,26)31-20/h2-10,13-14,27H,11-12H2,1H3,(H,28,29). The van der Waals surface area contributed by atoms with Crippen LogP contribution in [0, 0.1) is 0 Å². The van der Waals surface area contributed by atoms with E-state index in [1.165, 1.54) is 12.1 Å². The summed E-state index contributed by atoms with van der Waals surface area (Å²) in [5.74, 6) is -0.316. The molecule has 1 aliphatic heterocycles. The summed E-state index contributed by atoms with van der Waals surface area (Å²) < 4.78 is 50.2. The lowest BCUT2D eigenvalue weighted by atomic mass is 9.94. The Bertz CT molecular complexity index is 1260. The van der Waals surface area contributed by atoms with Crippen LogP contribution in [-0.2, 0) is 21.2 Å². The highest BCUT2D eigenvalue weighted by Crippen LogP contribution is 2.52. The van der Waals surface area contributed by atoms with Crippen molar-refractivity contribution in [2.45, 2.75) is 29.4 Å². The van der Waals surface area contributed by atoms with Gasteiger partial charge in [-0.1, -0.05) is 30.3 Å². The molecule has 2 N–H and O–H groups in total. The Hall–Kier alpha value is -3.30. The fraction of sp³-hybridized carbons (Fsp3) is 0.208. The van der Waals surface area contributed by atoms with Gasteiger partial charge < -0.3 is 14.8 Å². The average Bonchev–Trinajstić information content (AvgIpc) is 3.56. The fourth-order valence-electron chi connectivity index (χ4n) is 3.93. The third-order valence-corrected chi connectivity index (χ3v) is 6.92. The molecular weight excluding hydrogens is 450 g/mol. The van der Waals surface area contributed by atoms with Gasteiger partial charge in [-0.05, 0) is 73.0 Å². The first-order valence-electron chi connectivity index (χ1n) is 10.3. The lowest BCUT2D eigenvalue weighted by Gasteiger charge is -2.17. The van der Waals surface area contributed by atoms with E-state index in [4.69, 9.17) is 0 Å². The third kappa shape index (κ3) is 4.09. The molecule has 33 heavy (non-hydrogen) atoms. The molecule has 1 heterocycles. The van der Waals surface area contributed by atoms with Crippen LogP contribution in [0.5, 0.6) is 11.5 Å². The predicted octanol–water partition coefficient (Wildman–Crippen LogP) is 4.59. The normalized spacial score (nSPS) is 17.9. The van der Waals surface area contributed by atoms with Crippen molar-refractivity contribution in [2.24, 2.45) is 0 Å². The molecule has 9 heteroatoms. The Labute approximate surface area is 191 Å².